The fourth-order valence-corrected chi connectivity index (χ4v) is 5.55. The van der Waals surface area contributed by atoms with Crippen molar-refractivity contribution in [2.24, 2.45) is 0 Å². The molecule has 1 aliphatic carbocycles. The average molecular weight is 551 g/mol. The maximum absolute atomic E-state index is 13.5. The van der Waals surface area contributed by atoms with Crippen molar-refractivity contribution in [3.8, 4) is 23.0 Å². The minimum Gasteiger partial charge on any atom is -0.496 e. The van der Waals surface area contributed by atoms with Crippen molar-refractivity contribution in [3.05, 3.63) is 48.3 Å². The van der Waals surface area contributed by atoms with Gasteiger partial charge in [-0.05, 0) is 23.8 Å². The summed E-state index contributed by atoms with van der Waals surface area (Å²) in [5.41, 5.74) is 1.09. The molecule has 0 unspecified atom stereocenters. The molecule has 2 heterocycles. The van der Waals surface area contributed by atoms with Gasteiger partial charge >= 0.3 is 0 Å². The highest BCUT2D eigenvalue weighted by Gasteiger charge is 2.47. The summed E-state index contributed by atoms with van der Waals surface area (Å²) < 4.78 is 84.7. The number of nitrogens with zero attached hydrogens (tertiary/aromatic N) is 3. The number of nitrogens with one attached hydrogen (secondary N) is 1. The summed E-state index contributed by atoms with van der Waals surface area (Å²) in [7, 11) is -0.377. The van der Waals surface area contributed by atoms with E-state index >= 15 is 0 Å². The van der Waals surface area contributed by atoms with Crippen LogP contribution < -0.4 is 23.7 Å². The Balaban J connectivity index is 1.47. The Bertz CT molecular complexity index is 1540. The smallest absolute Gasteiger partial charge is 0.270 e. The lowest BCUT2D eigenvalue weighted by atomic mass is 9.91. The molecule has 1 fully saturated rings. The zero-order chi connectivity index (χ0) is 27.1. The number of aromatic nitrogens is 3. The van der Waals surface area contributed by atoms with E-state index in [-0.39, 0.29) is 28.0 Å². The maximum Gasteiger partial charge on any atom is 0.270 e. The SMILES string of the molecule is COc1cc(OC2CC(F)(F)C2)cc(OC)c1S(=O)(=O)Nc1noc2cc(Cn3cccn3)cc(OC)c12. The summed E-state index contributed by atoms with van der Waals surface area (Å²) >= 11 is 0. The third kappa shape index (κ3) is 4.90. The van der Waals surface area contributed by atoms with Crippen molar-refractivity contribution in [2.75, 3.05) is 26.1 Å². The van der Waals surface area contributed by atoms with Crippen LogP contribution >= 0.6 is 0 Å². The predicted molar refractivity (Wildman–Crippen MR) is 131 cm³/mol. The lowest BCUT2D eigenvalue weighted by Gasteiger charge is -2.35. The predicted octanol–water partition coefficient (Wildman–Crippen LogP) is 4.08. The molecule has 202 valence electrons. The topological polar surface area (TPSA) is 127 Å². The number of rotatable bonds is 10. The normalized spacial score (nSPS) is 15.2. The molecule has 0 atom stereocenters. The first-order valence-corrected chi connectivity index (χ1v) is 12.9. The molecule has 14 heteroatoms. The van der Waals surface area contributed by atoms with Gasteiger partial charge in [-0.1, -0.05) is 5.16 Å². The molecule has 2 aromatic heterocycles. The van der Waals surface area contributed by atoms with Gasteiger partial charge in [0.25, 0.3) is 15.9 Å². The quantitative estimate of drug-likeness (QED) is 0.311. The Hall–Kier alpha value is -4.07. The molecule has 11 nitrogen and oxygen atoms in total. The van der Waals surface area contributed by atoms with Crippen molar-refractivity contribution in [2.45, 2.75) is 36.3 Å². The van der Waals surface area contributed by atoms with Crippen LogP contribution in [0.5, 0.6) is 23.0 Å². The minimum absolute atomic E-state index is 0.108. The molecule has 1 N–H and O–H groups in total. The van der Waals surface area contributed by atoms with Crippen LogP contribution in [0.1, 0.15) is 18.4 Å². The van der Waals surface area contributed by atoms with E-state index in [0.717, 1.165) is 5.56 Å². The van der Waals surface area contributed by atoms with Crippen molar-refractivity contribution >= 4 is 26.8 Å². The zero-order valence-corrected chi connectivity index (χ0v) is 21.4. The highest BCUT2D eigenvalue weighted by Crippen LogP contribution is 2.44. The van der Waals surface area contributed by atoms with Crippen molar-refractivity contribution in [1.29, 1.82) is 0 Å². The molecule has 5 rings (SSSR count). The molecule has 0 bridgehead atoms. The first-order valence-electron chi connectivity index (χ1n) is 11.4. The number of sulfonamides is 1. The van der Waals surface area contributed by atoms with E-state index in [1.807, 2.05) is 0 Å². The Morgan fingerprint density at radius 2 is 1.76 bits per heavy atom. The molecule has 0 aliphatic heterocycles. The first-order chi connectivity index (χ1) is 18.1. The van der Waals surface area contributed by atoms with Crippen LogP contribution in [0.2, 0.25) is 0 Å². The van der Waals surface area contributed by atoms with E-state index in [1.54, 1.807) is 35.3 Å². The molecular weight excluding hydrogens is 526 g/mol. The second-order valence-electron chi connectivity index (χ2n) is 8.67. The summed E-state index contributed by atoms with van der Waals surface area (Å²) in [6, 6.07) is 7.84. The number of fused-ring (bicyclic) bond motifs is 1. The van der Waals surface area contributed by atoms with E-state index in [1.165, 1.54) is 33.5 Å². The molecule has 1 aliphatic rings. The third-order valence-corrected chi connectivity index (χ3v) is 7.41. The molecule has 4 aromatic rings. The Kier molecular flexibility index (Phi) is 6.51. The van der Waals surface area contributed by atoms with E-state index in [9.17, 15) is 17.2 Å². The lowest BCUT2D eigenvalue weighted by Crippen LogP contribution is -2.43. The van der Waals surface area contributed by atoms with Gasteiger partial charge < -0.3 is 23.5 Å². The minimum atomic E-state index is -4.36. The summed E-state index contributed by atoms with van der Waals surface area (Å²) in [5, 5.41) is 8.39. The van der Waals surface area contributed by atoms with Crippen molar-refractivity contribution in [1.82, 2.24) is 14.9 Å². The van der Waals surface area contributed by atoms with E-state index in [0.29, 0.717) is 23.3 Å². The second kappa shape index (κ2) is 9.67. The monoisotopic (exact) mass is 550 g/mol. The van der Waals surface area contributed by atoms with Gasteiger partial charge in [0.05, 0.1) is 27.9 Å². The van der Waals surface area contributed by atoms with Gasteiger partial charge in [-0.3, -0.25) is 9.40 Å². The number of hydrogen-bond donors (Lipinski definition) is 1. The highest BCUT2D eigenvalue weighted by atomic mass is 32.2. The van der Waals surface area contributed by atoms with Crippen LogP contribution in [0, 0.1) is 0 Å². The number of halogens is 2. The molecular formula is C24H24F2N4O7S. The third-order valence-electron chi connectivity index (χ3n) is 6.01. The number of benzene rings is 2. The van der Waals surface area contributed by atoms with E-state index in [4.69, 9.17) is 23.5 Å². The number of anilines is 1. The van der Waals surface area contributed by atoms with Crippen molar-refractivity contribution in [3.63, 3.8) is 0 Å². The van der Waals surface area contributed by atoms with Crippen LogP contribution in [-0.4, -0.2) is 56.7 Å². The van der Waals surface area contributed by atoms with Gasteiger partial charge in [0.1, 0.15) is 34.5 Å². The molecule has 0 saturated heterocycles. The van der Waals surface area contributed by atoms with Crippen molar-refractivity contribution < 1.29 is 40.7 Å². The van der Waals surface area contributed by atoms with Gasteiger partial charge in [0.2, 0.25) is 0 Å². The van der Waals surface area contributed by atoms with Crippen LogP contribution in [0.3, 0.4) is 0 Å². The van der Waals surface area contributed by atoms with E-state index in [2.05, 4.69) is 15.0 Å². The summed E-state index contributed by atoms with van der Waals surface area (Å²) in [5.74, 6) is -2.63. The first kappa shape index (κ1) is 25.6. The zero-order valence-electron chi connectivity index (χ0n) is 20.6. The Labute approximate surface area is 216 Å². The van der Waals surface area contributed by atoms with Crippen LogP contribution in [-0.2, 0) is 16.6 Å². The number of alkyl halides is 2. The van der Waals surface area contributed by atoms with Gasteiger partial charge in [0.15, 0.2) is 16.3 Å². The van der Waals surface area contributed by atoms with Crippen LogP contribution in [0.4, 0.5) is 14.6 Å². The van der Waals surface area contributed by atoms with Crippen LogP contribution in [0.25, 0.3) is 11.0 Å². The molecule has 0 radical (unpaired) electrons. The molecule has 38 heavy (non-hydrogen) atoms. The summed E-state index contributed by atoms with van der Waals surface area (Å²) in [6.45, 7) is 0.433. The number of ether oxygens (including phenoxy) is 4. The standard InChI is InChI=1S/C24H24F2N4O7S/c1-33-17-7-14(13-30-6-4-5-27-30)8-18-21(17)23(28-37-18)29-38(31,32)22-19(34-2)9-15(10-20(22)35-3)36-16-11-24(25,26)12-16/h4-10,16H,11-13H2,1-3H3,(H,28,29). The number of hydrogen-bond acceptors (Lipinski definition) is 9. The van der Waals surface area contributed by atoms with Gasteiger partial charge in [0, 0.05) is 37.4 Å². The molecule has 0 amide bonds. The molecule has 0 spiro atoms. The summed E-state index contributed by atoms with van der Waals surface area (Å²) in [6.07, 6.45) is 1.90. The molecule has 2 aromatic carbocycles. The van der Waals surface area contributed by atoms with Gasteiger partial charge in [-0.25, -0.2) is 17.2 Å². The largest absolute Gasteiger partial charge is 0.496 e. The second-order valence-corrected chi connectivity index (χ2v) is 10.3. The van der Waals surface area contributed by atoms with Gasteiger partial charge in [-0.2, -0.15) is 5.10 Å². The summed E-state index contributed by atoms with van der Waals surface area (Å²) in [4.78, 5) is -0.334. The van der Waals surface area contributed by atoms with Crippen LogP contribution in [0.15, 0.2) is 52.1 Å². The fourth-order valence-electron chi connectivity index (χ4n) is 4.24. The Morgan fingerprint density at radius 1 is 1.08 bits per heavy atom. The average Bonchev–Trinajstić information content (AvgIpc) is 3.51. The number of methoxy groups -OCH3 is 3. The lowest BCUT2D eigenvalue weighted by molar-refractivity contribution is -0.134. The maximum atomic E-state index is 13.5. The highest BCUT2D eigenvalue weighted by molar-refractivity contribution is 7.93. The van der Waals surface area contributed by atoms with E-state index < -0.39 is 34.9 Å². The van der Waals surface area contributed by atoms with Gasteiger partial charge in [-0.15, -0.1) is 0 Å². The molecule has 1 saturated carbocycles. The Morgan fingerprint density at radius 3 is 2.34 bits per heavy atom. The fraction of sp³-hybridized carbons (Fsp3) is 0.333.